The lowest BCUT2D eigenvalue weighted by Gasteiger charge is -2.21. The summed E-state index contributed by atoms with van der Waals surface area (Å²) in [6.45, 7) is -2.58. The number of hydrogen-bond donors (Lipinski definition) is 1. The van der Waals surface area contributed by atoms with Gasteiger partial charge >= 0.3 is 12.1 Å². The van der Waals surface area contributed by atoms with E-state index in [0.717, 1.165) is 21.4 Å². The van der Waals surface area contributed by atoms with Crippen LogP contribution in [0.2, 0.25) is 0 Å². The van der Waals surface area contributed by atoms with Crippen molar-refractivity contribution in [2.24, 2.45) is 0 Å². The normalized spacial score (nSPS) is 11.6. The third kappa shape index (κ3) is 3.94. The predicted molar refractivity (Wildman–Crippen MR) is 71.4 cm³/mol. The monoisotopic (exact) mass is 317 g/mol. The van der Waals surface area contributed by atoms with E-state index in [2.05, 4.69) is 0 Å². The molecule has 1 amide bonds. The number of fused-ring (bicyclic) bond motifs is 1. The molecule has 112 valence electrons. The van der Waals surface area contributed by atoms with Crippen LogP contribution in [-0.4, -0.2) is 41.1 Å². The van der Waals surface area contributed by atoms with Gasteiger partial charge in [0.15, 0.2) is 0 Å². The van der Waals surface area contributed by atoms with Gasteiger partial charge in [0.2, 0.25) is 0 Å². The number of benzene rings is 1. The molecule has 0 spiro atoms. The van der Waals surface area contributed by atoms with E-state index in [9.17, 15) is 22.8 Å². The maximum atomic E-state index is 12.5. The van der Waals surface area contributed by atoms with Crippen molar-refractivity contribution in [3.63, 3.8) is 0 Å². The van der Waals surface area contributed by atoms with Gasteiger partial charge in [-0.25, -0.2) is 0 Å². The Labute approximate surface area is 121 Å². The van der Waals surface area contributed by atoms with Crippen molar-refractivity contribution in [3.05, 3.63) is 35.2 Å². The molecule has 2 aromatic rings. The van der Waals surface area contributed by atoms with Crippen LogP contribution in [0.3, 0.4) is 0 Å². The van der Waals surface area contributed by atoms with E-state index in [1.54, 1.807) is 24.3 Å². The summed E-state index contributed by atoms with van der Waals surface area (Å²) < 4.78 is 38.1. The van der Waals surface area contributed by atoms with E-state index in [1.807, 2.05) is 0 Å². The summed E-state index contributed by atoms with van der Waals surface area (Å²) in [6, 6.07) is 8.43. The van der Waals surface area contributed by atoms with Crippen LogP contribution in [0.4, 0.5) is 13.2 Å². The molecule has 1 aromatic carbocycles. The largest absolute Gasteiger partial charge is 0.480 e. The summed E-state index contributed by atoms with van der Waals surface area (Å²) >= 11 is 1.04. The Hall–Kier alpha value is -2.09. The number of aliphatic carboxylic acids is 1. The molecule has 8 heteroatoms. The lowest BCUT2D eigenvalue weighted by atomic mass is 10.2. The summed E-state index contributed by atoms with van der Waals surface area (Å²) in [5.41, 5.74) is 0. The highest BCUT2D eigenvalue weighted by atomic mass is 32.1. The summed E-state index contributed by atoms with van der Waals surface area (Å²) in [5.74, 6) is -2.43. The summed E-state index contributed by atoms with van der Waals surface area (Å²) in [5, 5.41) is 9.39. The maximum Gasteiger partial charge on any atom is 0.406 e. The molecule has 1 aromatic heterocycles. The first-order valence-corrected chi connectivity index (χ1v) is 6.64. The van der Waals surface area contributed by atoms with Gasteiger partial charge in [0.1, 0.15) is 13.1 Å². The zero-order valence-electron chi connectivity index (χ0n) is 10.6. The number of halogens is 3. The molecule has 21 heavy (non-hydrogen) atoms. The topological polar surface area (TPSA) is 57.6 Å². The number of carbonyl (C=O) groups excluding carboxylic acids is 1. The lowest BCUT2D eigenvalue weighted by Crippen LogP contribution is -2.41. The minimum Gasteiger partial charge on any atom is -0.480 e. The number of thiophene rings is 1. The number of carboxylic acid groups (broad SMARTS) is 1. The van der Waals surface area contributed by atoms with Crippen LogP contribution in [0.15, 0.2) is 30.3 Å². The van der Waals surface area contributed by atoms with Gasteiger partial charge in [-0.05, 0) is 17.5 Å². The molecule has 0 aliphatic carbocycles. The van der Waals surface area contributed by atoms with Crippen molar-refractivity contribution >= 4 is 33.3 Å². The number of carbonyl (C=O) groups is 2. The third-order valence-electron chi connectivity index (χ3n) is 2.62. The van der Waals surface area contributed by atoms with Gasteiger partial charge in [-0.1, -0.05) is 18.2 Å². The van der Waals surface area contributed by atoms with Crippen molar-refractivity contribution < 1.29 is 27.9 Å². The van der Waals surface area contributed by atoms with Gasteiger partial charge in [-0.15, -0.1) is 11.3 Å². The second-order valence-electron chi connectivity index (χ2n) is 4.32. The maximum absolute atomic E-state index is 12.5. The fourth-order valence-corrected chi connectivity index (χ4v) is 2.85. The van der Waals surface area contributed by atoms with Gasteiger partial charge in [0.25, 0.3) is 5.91 Å². The molecule has 4 nitrogen and oxygen atoms in total. The molecule has 0 saturated heterocycles. The van der Waals surface area contributed by atoms with Gasteiger partial charge in [-0.2, -0.15) is 13.2 Å². The zero-order valence-corrected chi connectivity index (χ0v) is 11.4. The number of nitrogens with zero attached hydrogens (tertiary/aromatic N) is 1. The van der Waals surface area contributed by atoms with E-state index in [-0.39, 0.29) is 9.78 Å². The second-order valence-corrected chi connectivity index (χ2v) is 5.40. The number of alkyl halides is 3. The average Bonchev–Trinajstić information content (AvgIpc) is 2.78. The molecule has 0 aliphatic rings. The highest BCUT2D eigenvalue weighted by molar-refractivity contribution is 7.20. The van der Waals surface area contributed by atoms with Crippen LogP contribution in [0.5, 0.6) is 0 Å². The Morgan fingerprint density at radius 3 is 2.48 bits per heavy atom. The van der Waals surface area contributed by atoms with Crippen LogP contribution in [-0.2, 0) is 4.79 Å². The number of hydrogen-bond acceptors (Lipinski definition) is 3. The van der Waals surface area contributed by atoms with Crippen molar-refractivity contribution in [1.82, 2.24) is 4.90 Å². The molecule has 0 atom stereocenters. The Balaban J connectivity index is 2.30. The lowest BCUT2D eigenvalue weighted by molar-refractivity contribution is -0.149. The van der Waals surface area contributed by atoms with Crippen LogP contribution >= 0.6 is 11.3 Å². The SMILES string of the molecule is O=C(O)CN(CC(F)(F)F)C(=O)c1cc2ccccc2s1. The van der Waals surface area contributed by atoms with E-state index in [4.69, 9.17) is 5.11 Å². The second kappa shape index (κ2) is 5.72. The predicted octanol–water partition coefficient (Wildman–Crippen LogP) is 2.99. The standard InChI is InChI=1S/C13H10F3NO3S/c14-13(15,16)7-17(6-11(18)19)12(20)10-5-8-3-1-2-4-9(8)21-10/h1-5H,6-7H2,(H,18,19). The molecule has 0 aliphatic heterocycles. The number of rotatable bonds is 4. The fourth-order valence-electron chi connectivity index (χ4n) is 1.82. The summed E-state index contributed by atoms with van der Waals surface area (Å²) in [4.78, 5) is 23.1. The Morgan fingerprint density at radius 1 is 1.24 bits per heavy atom. The molecule has 0 fully saturated rings. The van der Waals surface area contributed by atoms with E-state index < -0.39 is 31.1 Å². The first-order valence-electron chi connectivity index (χ1n) is 5.82. The van der Waals surface area contributed by atoms with E-state index in [1.165, 1.54) is 6.07 Å². The van der Waals surface area contributed by atoms with Gasteiger partial charge in [0.05, 0.1) is 4.88 Å². The smallest absolute Gasteiger partial charge is 0.406 e. The fraction of sp³-hybridized carbons (Fsp3) is 0.231. The van der Waals surface area contributed by atoms with Crippen LogP contribution in [0, 0.1) is 0 Å². The molecule has 0 unspecified atom stereocenters. The number of amides is 1. The first-order chi connectivity index (χ1) is 9.76. The zero-order chi connectivity index (χ0) is 15.6. The first kappa shape index (κ1) is 15.3. The molecular formula is C13H10F3NO3S. The molecular weight excluding hydrogens is 307 g/mol. The summed E-state index contributed by atoms with van der Waals surface area (Å²) in [6.07, 6.45) is -4.65. The Bertz CT molecular complexity index is 648. The van der Waals surface area contributed by atoms with Crippen LogP contribution in [0.1, 0.15) is 9.67 Å². The Kier molecular flexibility index (Phi) is 4.17. The van der Waals surface area contributed by atoms with Crippen LogP contribution < -0.4 is 0 Å². The van der Waals surface area contributed by atoms with Gasteiger partial charge in [0, 0.05) is 4.70 Å². The van der Waals surface area contributed by atoms with Crippen molar-refractivity contribution in [1.29, 1.82) is 0 Å². The minimum absolute atomic E-state index is 0.0849. The molecule has 2 rings (SSSR count). The molecule has 1 N–H and O–H groups in total. The third-order valence-corrected chi connectivity index (χ3v) is 3.72. The molecule has 1 heterocycles. The number of carboxylic acids is 1. The minimum atomic E-state index is -4.65. The molecule has 0 saturated carbocycles. The Morgan fingerprint density at radius 2 is 1.90 bits per heavy atom. The highest BCUT2D eigenvalue weighted by Gasteiger charge is 2.34. The van der Waals surface area contributed by atoms with Crippen molar-refractivity contribution in [3.8, 4) is 0 Å². The van der Waals surface area contributed by atoms with Crippen LogP contribution in [0.25, 0.3) is 10.1 Å². The quantitative estimate of drug-likeness (QED) is 0.943. The average molecular weight is 317 g/mol. The van der Waals surface area contributed by atoms with Gasteiger partial charge < -0.3 is 10.0 Å². The molecule has 0 radical (unpaired) electrons. The molecule has 0 bridgehead atoms. The van der Waals surface area contributed by atoms with Gasteiger partial charge in [-0.3, -0.25) is 9.59 Å². The van der Waals surface area contributed by atoms with Crippen molar-refractivity contribution in [2.45, 2.75) is 6.18 Å². The van der Waals surface area contributed by atoms with E-state index in [0.29, 0.717) is 0 Å². The highest BCUT2D eigenvalue weighted by Crippen LogP contribution is 2.27. The van der Waals surface area contributed by atoms with E-state index >= 15 is 0 Å². The summed E-state index contributed by atoms with van der Waals surface area (Å²) in [7, 11) is 0. The van der Waals surface area contributed by atoms with Crippen molar-refractivity contribution in [2.75, 3.05) is 13.1 Å².